The Morgan fingerprint density at radius 2 is 2.00 bits per heavy atom. The van der Waals surface area contributed by atoms with Crippen molar-refractivity contribution in [1.82, 2.24) is 0 Å². The molecule has 0 bridgehead atoms. The molecule has 2 rings (SSSR count). The molecule has 0 spiro atoms. The third-order valence-electron chi connectivity index (χ3n) is 2.71. The van der Waals surface area contributed by atoms with Crippen molar-refractivity contribution in [3.8, 4) is 0 Å². The zero-order valence-corrected chi connectivity index (χ0v) is 8.93. The first kappa shape index (κ1) is 9.81. The molecule has 1 aliphatic rings. The quantitative estimate of drug-likeness (QED) is 0.813. The molecule has 1 aliphatic heterocycles. The average molecular weight is 211 g/mol. The number of hydrogen-bond donors (Lipinski definition) is 1. The Morgan fingerprint density at radius 1 is 1.29 bits per heavy atom. The fourth-order valence-corrected chi connectivity index (χ4v) is 2.18. The van der Waals surface area contributed by atoms with E-state index >= 15 is 0 Å². The van der Waals surface area contributed by atoms with Gasteiger partial charge in [0.2, 0.25) is 0 Å². The first-order valence-electron chi connectivity index (χ1n) is 5.04. The highest BCUT2D eigenvalue weighted by Crippen LogP contribution is 2.26. The summed E-state index contributed by atoms with van der Waals surface area (Å²) in [5, 5.41) is 0.772. The van der Waals surface area contributed by atoms with Gasteiger partial charge in [-0.25, -0.2) is 0 Å². The molecule has 0 aliphatic carbocycles. The SMILES string of the molecule is NCc1cc(Cl)ccc1N1CCCC1. The molecule has 0 saturated carbocycles. The summed E-state index contributed by atoms with van der Waals surface area (Å²) in [6, 6.07) is 5.99. The molecule has 2 nitrogen and oxygen atoms in total. The number of halogens is 1. The van der Waals surface area contributed by atoms with Crippen LogP contribution in [0.3, 0.4) is 0 Å². The van der Waals surface area contributed by atoms with Crippen molar-refractivity contribution in [2.75, 3.05) is 18.0 Å². The fourth-order valence-electron chi connectivity index (χ4n) is 1.98. The van der Waals surface area contributed by atoms with E-state index in [9.17, 15) is 0 Å². The molecule has 76 valence electrons. The van der Waals surface area contributed by atoms with Crippen molar-refractivity contribution in [2.45, 2.75) is 19.4 Å². The second-order valence-electron chi connectivity index (χ2n) is 3.67. The maximum absolute atomic E-state index is 5.93. The summed E-state index contributed by atoms with van der Waals surface area (Å²) >= 11 is 5.93. The number of nitrogens with two attached hydrogens (primary N) is 1. The van der Waals surface area contributed by atoms with Gasteiger partial charge in [-0.3, -0.25) is 0 Å². The van der Waals surface area contributed by atoms with E-state index in [0.717, 1.165) is 23.7 Å². The van der Waals surface area contributed by atoms with Crippen LogP contribution in [0.5, 0.6) is 0 Å². The van der Waals surface area contributed by atoms with Crippen LogP contribution in [0, 0.1) is 0 Å². The standard InChI is InChI=1S/C11H15ClN2/c12-10-3-4-11(9(7-10)8-13)14-5-1-2-6-14/h3-4,7H,1-2,5-6,8,13H2. The Balaban J connectivity index is 2.31. The Kier molecular flexibility index (Phi) is 2.94. The van der Waals surface area contributed by atoms with E-state index in [0.29, 0.717) is 6.54 Å². The summed E-state index contributed by atoms with van der Waals surface area (Å²) in [5.74, 6) is 0. The summed E-state index contributed by atoms with van der Waals surface area (Å²) in [4.78, 5) is 2.39. The highest BCUT2D eigenvalue weighted by molar-refractivity contribution is 6.30. The molecule has 1 aromatic carbocycles. The van der Waals surface area contributed by atoms with Crippen molar-refractivity contribution in [3.63, 3.8) is 0 Å². The third kappa shape index (κ3) is 1.86. The molecule has 1 heterocycles. The summed E-state index contributed by atoms with van der Waals surface area (Å²) in [6.07, 6.45) is 2.57. The van der Waals surface area contributed by atoms with Gasteiger partial charge < -0.3 is 10.6 Å². The molecule has 0 unspecified atom stereocenters. The van der Waals surface area contributed by atoms with Gasteiger partial charge in [-0.15, -0.1) is 0 Å². The third-order valence-corrected chi connectivity index (χ3v) is 2.94. The van der Waals surface area contributed by atoms with Gasteiger partial charge in [-0.05, 0) is 36.6 Å². The smallest absolute Gasteiger partial charge is 0.0412 e. The number of hydrogen-bond acceptors (Lipinski definition) is 2. The van der Waals surface area contributed by atoms with Crippen LogP contribution in [-0.4, -0.2) is 13.1 Å². The van der Waals surface area contributed by atoms with Gasteiger partial charge >= 0.3 is 0 Å². The maximum Gasteiger partial charge on any atom is 0.0412 e. The molecule has 0 aromatic heterocycles. The molecule has 2 N–H and O–H groups in total. The van der Waals surface area contributed by atoms with E-state index in [2.05, 4.69) is 11.0 Å². The van der Waals surface area contributed by atoms with E-state index in [1.54, 1.807) is 0 Å². The monoisotopic (exact) mass is 210 g/mol. The lowest BCUT2D eigenvalue weighted by atomic mass is 10.1. The minimum Gasteiger partial charge on any atom is -0.371 e. The van der Waals surface area contributed by atoms with Crippen molar-refractivity contribution in [3.05, 3.63) is 28.8 Å². The van der Waals surface area contributed by atoms with Crippen molar-refractivity contribution in [1.29, 1.82) is 0 Å². The first-order valence-corrected chi connectivity index (χ1v) is 5.42. The minimum atomic E-state index is 0.562. The van der Waals surface area contributed by atoms with Crippen LogP contribution in [0.2, 0.25) is 5.02 Å². The average Bonchev–Trinajstić information content (AvgIpc) is 2.70. The van der Waals surface area contributed by atoms with Gasteiger partial charge in [-0.2, -0.15) is 0 Å². The van der Waals surface area contributed by atoms with E-state index < -0.39 is 0 Å². The zero-order chi connectivity index (χ0) is 9.97. The molecule has 1 saturated heterocycles. The van der Waals surface area contributed by atoms with Crippen molar-refractivity contribution >= 4 is 17.3 Å². The Labute approximate surface area is 89.7 Å². The Morgan fingerprint density at radius 3 is 2.64 bits per heavy atom. The topological polar surface area (TPSA) is 29.3 Å². The summed E-state index contributed by atoms with van der Waals surface area (Å²) in [7, 11) is 0. The highest BCUT2D eigenvalue weighted by atomic mass is 35.5. The maximum atomic E-state index is 5.93. The van der Waals surface area contributed by atoms with Gasteiger partial charge in [0.25, 0.3) is 0 Å². The van der Waals surface area contributed by atoms with Gasteiger partial charge in [0.15, 0.2) is 0 Å². The lowest BCUT2D eigenvalue weighted by Gasteiger charge is -2.20. The molecule has 14 heavy (non-hydrogen) atoms. The normalized spacial score (nSPS) is 16.3. The Hall–Kier alpha value is -0.730. The van der Waals surface area contributed by atoms with Crippen molar-refractivity contribution < 1.29 is 0 Å². The van der Waals surface area contributed by atoms with Gasteiger partial charge in [-0.1, -0.05) is 11.6 Å². The molecule has 0 amide bonds. The number of benzene rings is 1. The van der Waals surface area contributed by atoms with E-state index in [1.807, 2.05) is 12.1 Å². The molecular weight excluding hydrogens is 196 g/mol. The summed E-state index contributed by atoms with van der Waals surface area (Å²) in [5.41, 5.74) is 8.11. The van der Waals surface area contributed by atoms with E-state index in [1.165, 1.54) is 18.5 Å². The molecule has 3 heteroatoms. The molecule has 0 radical (unpaired) electrons. The van der Waals surface area contributed by atoms with Crippen LogP contribution >= 0.6 is 11.6 Å². The van der Waals surface area contributed by atoms with Crippen molar-refractivity contribution in [2.24, 2.45) is 5.73 Å². The number of rotatable bonds is 2. The van der Waals surface area contributed by atoms with Crippen LogP contribution in [0.15, 0.2) is 18.2 Å². The largest absolute Gasteiger partial charge is 0.371 e. The molecule has 0 atom stereocenters. The number of anilines is 1. The van der Waals surface area contributed by atoms with Crippen LogP contribution < -0.4 is 10.6 Å². The number of nitrogens with zero attached hydrogens (tertiary/aromatic N) is 1. The molecule has 1 aromatic rings. The summed E-state index contributed by atoms with van der Waals surface area (Å²) < 4.78 is 0. The van der Waals surface area contributed by atoms with Crippen LogP contribution in [-0.2, 0) is 6.54 Å². The van der Waals surface area contributed by atoms with Crippen LogP contribution in [0.25, 0.3) is 0 Å². The lowest BCUT2D eigenvalue weighted by Crippen LogP contribution is -2.20. The first-order chi connectivity index (χ1) is 6.81. The van der Waals surface area contributed by atoms with Gasteiger partial charge in [0, 0.05) is 30.3 Å². The van der Waals surface area contributed by atoms with Gasteiger partial charge in [0.1, 0.15) is 0 Å². The lowest BCUT2D eigenvalue weighted by molar-refractivity contribution is 0.941. The molecule has 1 fully saturated rings. The summed E-state index contributed by atoms with van der Waals surface area (Å²) in [6.45, 7) is 2.86. The predicted molar refractivity (Wildman–Crippen MR) is 60.8 cm³/mol. The zero-order valence-electron chi connectivity index (χ0n) is 8.17. The van der Waals surface area contributed by atoms with E-state index in [4.69, 9.17) is 17.3 Å². The fraction of sp³-hybridized carbons (Fsp3) is 0.455. The Bertz CT molecular complexity index is 319. The minimum absolute atomic E-state index is 0.562. The predicted octanol–water partition coefficient (Wildman–Crippen LogP) is 2.40. The van der Waals surface area contributed by atoms with Crippen LogP contribution in [0.1, 0.15) is 18.4 Å². The second kappa shape index (κ2) is 4.20. The van der Waals surface area contributed by atoms with Gasteiger partial charge in [0.05, 0.1) is 0 Å². The molecular formula is C11H15ClN2. The highest BCUT2D eigenvalue weighted by Gasteiger charge is 2.14. The van der Waals surface area contributed by atoms with E-state index in [-0.39, 0.29) is 0 Å². The second-order valence-corrected chi connectivity index (χ2v) is 4.11. The van der Waals surface area contributed by atoms with Crippen LogP contribution in [0.4, 0.5) is 5.69 Å².